The molecule has 0 spiro atoms. The van der Waals surface area contributed by atoms with Crippen LogP contribution in [0.1, 0.15) is 34.9 Å². The molecule has 0 aliphatic rings. The van der Waals surface area contributed by atoms with Crippen LogP contribution in [0.2, 0.25) is 0 Å². The summed E-state index contributed by atoms with van der Waals surface area (Å²) in [6.07, 6.45) is 0. The number of rotatable bonds is 7. The zero-order valence-electron chi connectivity index (χ0n) is 13.7. The van der Waals surface area contributed by atoms with Crippen molar-refractivity contribution in [1.29, 1.82) is 0 Å². The molecule has 2 aromatic rings. The van der Waals surface area contributed by atoms with Gasteiger partial charge in [0, 0.05) is 24.0 Å². The van der Waals surface area contributed by atoms with Crippen LogP contribution >= 0.6 is 11.3 Å². The Balaban J connectivity index is 1.84. The van der Waals surface area contributed by atoms with Gasteiger partial charge in [-0.15, -0.1) is 11.3 Å². The summed E-state index contributed by atoms with van der Waals surface area (Å²) in [5.41, 5.74) is 0.872. The zero-order chi connectivity index (χ0) is 16.9. The van der Waals surface area contributed by atoms with Crippen molar-refractivity contribution in [3.05, 3.63) is 52.0 Å². The number of nitrogens with zero attached hydrogens (tertiary/aromatic N) is 2. The van der Waals surface area contributed by atoms with Gasteiger partial charge in [-0.05, 0) is 33.0 Å². The summed E-state index contributed by atoms with van der Waals surface area (Å²) in [5, 5.41) is 15.6. The smallest absolute Gasteiger partial charge is 0.251 e. The van der Waals surface area contributed by atoms with E-state index in [0.717, 1.165) is 10.7 Å². The number of benzene rings is 1. The Morgan fingerprint density at radius 1 is 1.35 bits per heavy atom. The highest BCUT2D eigenvalue weighted by atomic mass is 32.1. The van der Waals surface area contributed by atoms with Crippen molar-refractivity contribution in [3.8, 4) is 0 Å². The van der Waals surface area contributed by atoms with Crippen molar-refractivity contribution >= 4 is 17.2 Å². The van der Waals surface area contributed by atoms with Crippen molar-refractivity contribution in [2.75, 3.05) is 13.6 Å². The predicted octanol–water partition coefficient (Wildman–Crippen LogP) is 2.28. The maximum atomic E-state index is 12.0. The number of nitrogens with one attached hydrogen (secondary N) is 1. The molecule has 1 heterocycles. The molecule has 0 aliphatic heterocycles. The topological polar surface area (TPSA) is 65.5 Å². The molecule has 124 valence electrons. The third-order valence-electron chi connectivity index (χ3n) is 3.12. The monoisotopic (exact) mass is 333 g/mol. The van der Waals surface area contributed by atoms with Crippen LogP contribution in [0.3, 0.4) is 0 Å². The van der Waals surface area contributed by atoms with Gasteiger partial charge in [0.05, 0.1) is 17.8 Å². The van der Waals surface area contributed by atoms with E-state index in [1.54, 1.807) is 26.0 Å². The van der Waals surface area contributed by atoms with E-state index < -0.39 is 5.60 Å². The van der Waals surface area contributed by atoms with Gasteiger partial charge >= 0.3 is 0 Å². The Bertz CT molecular complexity index is 635. The molecule has 1 amide bonds. The minimum Gasteiger partial charge on any atom is -0.389 e. The number of aromatic nitrogens is 1. The van der Waals surface area contributed by atoms with Crippen LogP contribution in [-0.4, -0.2) is 40.1 Å². The molecular formula is C17H23N3O2S. The van der Waals surface area contributed by atoms with Gasteiger partial charge in [-0.3, -0.25) is 9.69 Å². The van der Waals surface area contributed by atoms with Gasteiger partial charge in [0.15, 0.2) is 0 Å². The van der Waals surface area contributed by atoms with Gasteiger partial charge in [-0.2, -0.15) is 0 Å². The molecule has 0 bridgehead atoms. The summed E-state index contributed by atoms with van der Waals surface area (Å²) >= 11 is 1.53. The summed E-state index contributed by atoms with van der Waals surface area (Å²) in [4.78, 5) is 18.5. The lowest BCUT2D eigenvalue weighted by Crippen LogP contribution is -2.35. The molecule has 23 heavy (non-hydrogen) atoms. The van der Waals surface area contributed by atoms with E-state index in [1.807, 2.05) is 35.5 Å². The first-order valence-electron chi connectivity index (χ1n) is 7.51. The van der Waals surface area contributed by atoms with Gasteiger partial charge in [0.25, 0.3) is 5.91 Å². The van der Waals surface area contributed by atoms with E-state index >= 15 is 0 Å². The summed E-state index contributed by atoms with van der Waals surface area (Å²) in [6.45, 7) is 5.25. The molecule has 2 N–H and O–H groups in total. The fourth-order valence-corrected chi connectivity index (χ4v) is 3.07. The maximum Gasteiger partial charge on any atom is 0.251 e. The van der Waals surface area contributed by atoms with E-state index in [4.69, 9.17) is 0 Å². The fraction of sp³-hybridized carbons (Fsp3) is 0.412. The van der Waals surface area contributed by atoms with Crippen molar-refractivity contribution in [3.63, 3.8) is 0 Å². The highest BCUT2D eigenvalue weighted by Gasteiger charge is 2.16. The number of amides is 1. The molecular weight excluding hydrogens is 310 g/mol. The molecule has 2 rings (SSSR count). The van der Waals surface area contributed by atoms with Gasteiger partial charge in [-0.25, -0.2) is 4.98 Å². The van der Waals surface area contributed by atoms with Gasteiger partial charge < -0.3 is 10.4 Å². The molecule has 1 aromatic heterocycles. The van der Waals surface area contributed by atoms with Crippen molar-refractivity contribution < 1.29 is 9.90 Å². The molecule has 0 aliphatic carbocycles. The van der Waals surface area contributed by atoms with E-state index in [2.05, 4.69) is 10.3 Å². The molecule has 0 fully saturated rings. The summed E-state index contributed by atoms with van der Waals surface area (Å²) < 4.78 is 0. The standard InChI is InChI=1S/C17H23N3O2S/c1-17(2,22)12-20(3)10-14-11-23-15(19-14)9-18-16(21)13-7-5-4-6-8-13/h4-8,11,22H,9-10,12H2,1-3H3,(H,18,21). The third kappa shape index (κ3) is 6.09. The molecule has 0 radical (unpaired) electrons. The molecule has 0 saturated carbocycles. The van der Waals surface area contributed by atoms with Crippen LogP contribution in [0, 0.1) is 0 Å². The maximum absolute atomic E-state index is 12.0. The Labute approximate surface area is 141 Å². The molecule has 0 unspecified atom stereocenters. The van der Waals surface area contributed by atoms with Gasteiger partial charge in [-0.1, -0.05) is 18.2 Å². The lowest BCUT2D eigenvalue weighted by molar-refractivity contribution is 0.0422. The van der Waals surface area contributed by atoms with Crippen LogP contribution in [-0.2, 0) is 13.1 Å². The minimum absolute atomic E-state index is 0.0958. The number of likely N-dealkylation sites (N-methyl/N-ethyl adjacent to an activating group) is 1. The highest BCUT2D eigenvalue weighted by molar-refractivity contribution is 7.09. The van der Waals surface area contributed by atoms with Gasteiger partial charge in [0.2, 0.25) is 0 Å². The number of hydrogen-bond donors (Lipinski definition) is 2. The van der Waals surface area contributed by atoms with E-state index in [1.165, 1.54) is 11.3 Å². The third-order valence-corrected chi connectivity index (χ3v) is 4.02. The molecule has 1 aromatic carbocycles. The SMILES string of the molecule is CN(Cc1csc(CNC(=O)c2ccccc2)n1)CC(C)(C)O. The first-order valence-corrected chi connectivity index (χ1v) is 8.39. The van der Waals surface area contributed by atoms with E-state index in [9.17, 15) is 9.90 Å². The van der Waals surface area contributed by atoms with E-state index in [-0.39, 0.29) is 5.91 Å². The normalized spacial score (nSPS) is 11.7. The minimum atomic E-state index is -0.725. The summed E-state index contributed by atoms with van der Waals surface area (Å²) in [7, 11) is 1.95. The second-order valence-corrected chi connectivity index (χ2v) is 7.21. The Morgan fingerprint density at radius 3 is 2.70 bits per heavy atom. The fourth-order valence-electron chi connectivity index (χ4n) is 2.34. The number of aliphatic hydroxyl groups is 1. The highest BCUT2D eigenvalue weighted by Crippen LogP contribution is 2.13. The number of hydrogen-bond acceptors (Lipinski definition) is 5. The molecule has 0 atom stereocenters. The van der Waals surface area contributed by atoms with Crippen LogP contribution in [0.4, 0.5) is 0 Å². The number of carbonyl (C=O) groups is 1. The van der Waals surface area contributed by atoms with Crippen LogP contribution in [0.25, 0.3) is 0 Å². The first-order chi connectivity index (χ1) is 10.8. The quantitative estimate of drug-likeness (QED) is 0.816. The van der Waals surface area contributed by atoms with E-state index in [0.29, 0.717) is 25.2 Å². The van der Waals surface area contributed by atoms with Crippen LogP contribution in [0.15, 0.2) is 35.7 Å². The first kappa shape index (κ1) is 17.6. The van der Waals surface area contributed by atoms with Crippen molar-refractivity contribution in [1.82, 2.24) is 15.2 Å². The largest absolute Gasteiger partial charge is 0.389 e. The molecule has 6 heteroatoms. The van der Waals surface area contributed by atoms with Crippen molar-refractivity contribution in [2.45, 2.75) is 32.5 Å². The lowest BCUT2D eigenvalue weighted by atomic mass is 10.1. The Morgan fingerprint density at radius 2 is 2.04 bits per heavy atom. The van der Waals surface area contributed by atoms with Crippen LogP contribution in [0.5, 0.6) is 0 Å². The number of thiazole rings is 1. The average molecular weight is 333 g/mol. The second-order valence-electron chi connectivity index (χ2n) is 6.27. The predicted molar refractivity (Wildman–Crippen MR) is 92.4 cm³/mol. The zero-order valence-corrected chi connectivity index (χ0v) is 14.6. The number of carbonyl (C=O) groups excluding carboxylic acids is 1. The average Bonchev–Trinajstić information content (AvgIpc) is 2.91. The molecule has 0 saturated heterocycles. The summed E-state index contributed by atoms with van der Waals surface area (Å²) in [5.74, 6) is -0.0958. The summed E-state index contributed by atoms with van der Waals surface area (Å²) in [6, 6.07) is 9.14. The van der Waals surface area contributed by atoms with Gasteiger partial charge in [0.1, 0.15) is 5.01 Å². The molecule has 5 nitrogen and oxygen atoms in total. The van der Waals surface area contributed by atoms with Crippen molar-refractivity contribution in [2.24, 2.45) is 0 Å². The second kappa shape index (κ2) is 7.68. The Kier molecular flexibility index (Phi) is 5.87. The lowest BCUT2D eigenvalue weighted by Gasteiger charge is -2.24. The van der Waals surface area contributed by atoms with Crippen LogP contribution < -0.4 is 5.32 Å². The Hall–Kier alpha value is -1.76.